The molecule has 0 fully saturated rings. The topological polar surface area (TPSA) is 0 Å². The maximum absolute atomic E-state index is 2.19. The van der Waals surface area contributed by atoms with Crippen molar-refractivity contribution < 1.29 is 0 Å². The first-order chi connectivity index (χ1) is 8.27. The Hall–Kier alpha value is -0.860. The van der Waals surface area contributed by atoms with E-state index in [0.717, 1.165) is 5.08 Å². The Labute approximate surface area is 112 Å². The fraction of sp³-hybridized carbons (Fsp3) is 0.200. The molecule has 0 bridgehead atoms. The van der Waals surface area contributed by atoms with Crippen LogP contribution in [0.1, 0.15) is 11.1 Å². The Balaban J connectivity index is 1.93. The van der Waals surface area contributed by atoms with Crippen LogP contribution in [0.25, 0.3) is 0 Å². The van der Waals surface area contributed by atoms with Crippen molar-refractivity contribution in [2.45, 2.75) is 23.6 Å². The molecule has 0 aliphatic heterocycles. The quantitative estimate of drug-likeness (QED) is 0.551. The second-order valence-electron chi connectivity index (χ2n) is 3.94. The molecule has 0 N–H and O–H groups in total. The number of hydrogen-bond acceptors (Lipinski definition) is 2. The van der Waals surface area contributed by atoms with Gasteiger partial charge < -0.3 is 0 Å². The molecular weight excluding hydrogens is 244 g/mol. The van der Waals surface area contributed by atoms with E-state index in [0.29, 0.717) is 0 Å². The normalized spacial score (nSPS) is 10.5. The molecule has 0 saturated carbocycles. The van der Waals surface area contributed by atoms with Crippen molar-refractivity contribution in [3.63, 3.8) is 0 Å². The summed E-state index contributed by atoms with van der Waals surface area (Å²) in [6.45, 7) is 4.33. The molecule has 0 aromatic heterocycles. The summed E-state index contributed by atoms with van der Waals surface area (Å²) in [5, 5.41) is 1.07. The van der Waals surface area contributed by atoms with Gasteiger partial charge in [0.2, 0.25) is 0 Å². The van der Waals surface area contributed by atoms with Gasteiger partial charge in [-0.3, -0.25) is 0 Å². The Kier molecular flexibility index (Phi) is 4.57. The van der Waals surface area contributed by atoms with Gasteiger partial charge in [0.15, 0.2) is 0 Å². The first-order valence-corrected chi connectivity index (χ1v) is 7.61. The largest absolute Gasteiger partial charge is 0.115 e. The first-order valence-electron chi connectivity index (χ1n) is 5.64. The van der Waals surface area contributed by atoms with E-state index in [9.17, 15) is 0 Å². The predicted molar refractivity (Wildman–Crippen MR) is 78.9 cm³/mol. The maximum Gasteiger partial charge on any atom is 0.0486 e. The van der Waals surface area contributed by atoms with Gasteiger partial charge in [-0.05, 0) is 37.1 Å². The first kappa shape index (κ1) is 12.6. The van der Waals surface area contributed by atoms with Gasteiger partial charge in [0, 0.05) is 14.9 Å². The van der Waals surface area contributed by atoms with E-state index in [1.807, 2.05) is 23.5 Å². The monoisotopic (exact) mass is 260 g/mol. The highest BCUT2D eigenvalue weighted by molar-refractivity contribution is 8.16. The van der Waals surface area contributed by atoms with Gasteiger partial charge in [-0.1, -0.05) is 36.4 Å². The van der Waals surface area contributed by atoms with Crippen LogP contribution in [-0.4, -0.2) is 5.08 Å². The molecule has 17 heavy (non-hydrogen) atoms. The summed E-state index contributed by atoms with van der Waals surface area (Å²) in [6.07, 6.45) is 0. The third kappa shape index (κ3) is 3.55. The standard InChI is InChI=1S/C15H16S2/c1-12-7-3-5-9-14(12)16-11-17-15-10-6-4-8-13(15)2/h3-10H,11H2,1-2H3. The lowest BCUT2D eigenvalue weighted by molar-refractivity contribution is 1.30. The summed E-state index contributed by atoms with van der Waals surface area (Å²) in [5.74, 6) is 0. The van der Waals surface area contributed by atoms with Gasteiger partial charge in [0.25, 0.3) is 0 Å². The molecule has 0 radical (unpaired) electrons. The summed E-state index contributed by atoms with van der Waals surface area (Å²) in [6, 6.07) is 17.1. The molecule has 2 rings (SSSR count). The van der Waals surface area contributed by atoms with Crippen LogP contribution < -0.4 is 0 Å². The molecule has 0 saturated heterocycles. The third-order valence-electron chi connectivity index (χ3n) is 2.62. The van der Waals surface area contributed by atoms with Gasteiger partial charge >= 0.3 is 0 Å². The van der Waals surface area contributed by atoms with Crippen molar-refractivity contribution in [3.05, 3.63) is 59.7 Å². The average Bonchev–Trinajstić information content (AvgIpc) is 2.34. The second kappa shape index (κ2) is 6.18. The van der Waals surface area contributed by atoms with Crippen molar-refractivity contribution in [2.24, 2.45) is 0 Å². The van der Waals surface area contributed by atoms with Crippen molar-refractivity contribution in [2.75, 3.05) is 5.08 Å². The molecule has 2 aromatic carbocycles. The van der Waals surface area contributed by atoms with E-state index in [4.69, 9.17) is 0 Å². The van der Waals surface area contributed by atoms with E-state index in [2.05, 4.69) is 62.4 Å². The molecule has 0 aliphatic rings. The molecule has 0 amide bonds. The summed E-state index contributed by atoms with van der Waals surface area (Å²) >= 11 is 3.83. The molecule has 0 spiro atoms. The van der Waals surface area contributed by atoms with Crippen LogP contribution >= 0.6 is 23.5 Å². The van der Waals surface area contributed by atoms with Crippen LogP contribution in [-0.2, 0) is 0 Å². The lowest BCUT2D eigenvalue weighted by atomic mass is 10.2. The van der Waals surface area contributed by atoms with Gasteiger partial charge in [-0.25, -0.2) is 0 Å². The van der Waals surface area contributed by atoms with E-state index in [1.165, 1.54) is 20.9 Å². The lowest BCUT2D eigenvalue weighted by Gasteiger charge is -2.06. The van der Waals surface area contributed by atoms with Crippen molar-refractivity contribution >= 4 is 23.5 Å². The SMILES string of the molecule is Cc1ccccc1SCSc1ccccc1C. The molecule has 88 valence electrons. The number of benzene rings is 2. The highest BCUT2D eigenvalue weighted by Gasteiger charge is 2.00. The molecule has 0 nitrogen and oxygen atoms in total. The Morgan fingerprint density at radius 2 is 1.12 bits per heavy atom. The number of aryl methyl sites for hydroxylation is 2. The summed E-state index contributed by atoms with van der Waals surface area (Å²) in [7, 11) is 0. The minimum atomic E-state index is 1.07. The van der Waals surface area contributed by atoms with E-state index in [-0.39, 0.29) is 0 Å². The lowest BCUT2D eigenvalue weighted by Crippen LogP contribution is -1.81. The molecule has 2 aromatic rings. The zero-order valence-corrected chi connectivity index (χ0v) is 11.8. The molecule has 2 heteroatoms. The van der Waals surface area contributed by atoms with Crippen molar-refractivity contribution in [1.29, 1.82) is 0 Å². The third-order valence-corrected chi connectivity index (χ3v) is 5.10. The van der Waals surface area contributed by atoms with Gasteiger partial charge in [0.1, 0.15) is 0 Å². The van der Waals surface area contributed by atoms with Crippen LogP contribution in [0.5, 0.6) is 0 Å². The molecule has 0 atom stereocenters. The number of hydrogen-bond donors (Lipinski definition) is 0. The van der Waals surface area contributed by atoms with Crippen LogP contribution in [0.3, 0.4) is 0 Å². The van der Waals surface area contributed by atoms with Crippen LogP contribution in [0.15, 0.2) is 58.3 Å². The highest BCUT2D eigenvalue weighted by Crippen LogP contribution is 2.30. The zero-order chi connectivity index (χ0) is 12.1. The maximum atomic E-state index is 2.19. The van der Waals surface area contributed by atoms with Crippen molar-refractivity contribution in [3.8, 4) is 0 Å². The summed E-state index contributed by atoms with van der Waals surface area (Å²) in [4.78, 5) is 2.77. The number of rotatable bonds is 4. The fourth-order valence-corrected chi connectivity index (χ4v) is 3.79. The van der Waals surface area contributed by atoms with E-state index in [1.54, 1.807) is 0 Å². The molecule has 0 heterocycles. The van der Waals surface area contributed by atoms with Gasteiger partial charge in [0.05, 0.1) is 0 Å². The zero-order valence-electron chi connectivity index (χ0n) is 10.1. The van der Waals surface area contributed by atoms with Crippen LogP contribution in [0.2, 0.25) is 0 Å². The predicted octanol–water partition coefficient (Wildman–Crippen LogP) is 5.15. The minimum absolute atomic E-state index is 1.07. The van der Waals surface area contributed by atoms with Crippen LogP contribution in [0.4, 0.5) is 0 Å². The molecule has 0 unspecified atom stereocenters. The van der Waals surface area contributed by atoms with E-state index >= 15 is 0 Å². The second-order valence-corrected chi connectivity index (χ2v) is 6.34. The highest BCUT2D eigenvalue weighted by atomic mass is 32.2. The smallest absolute Gasteiger partial charge is 0.0486 e. The van der Waals surface area contributed by atoms with Gasteiger partial charge in [-0.15, -0.1) is 23.5 Å². The molecule has 0 aliphatic carbocycles. The molecular formula is C15H16S2. The Bertz CT molecular complexity index is 446. The Morgan fingerprint density at radius 3 is 1.53 bits per heavy atom. The average molecular weight is 260 g/mol. The fourth-order valence-electron chi connectivity index (χ4n) is 1.59. The van der Waals surface area contributed by atoms with Gasteiger partial charge in [-0.2, -0.15) is 0 Å². The van der Waals surface area contributed by atoms with Crippen LogP contribution in [0, 0.1) is 13.8 Å². The number of thioether (sulfide) groups is 2. The van der Waals surface area contributed by atoms with E-state index < -0.39 is 0 Å². The minimum Gasteiger partial charge on any atom is -0.115 e. The summed E-state index contributed by atoms with van der Waals surface area (Å²) < 4.78 is 0. The van der Waals surface area contributed by atoms with Crippen molar-refractivity contribution in [1.82, 2.24) is 0 Å². The summed E-state index contributed by atoms with van der Waals surface area (Å²) in [5.41, 5.74) is 2.73. The Morgan fingerprint density at radius 1 is 0.706 bits per heavy atom.